The molecule has 0 radical (unpaired) electrons. The lowest BCUT2D eigenvalue weighted by Crippen LogP contribution is -2.39. The van der Waals surface area contributed by atoms with E-state index in [9.17, 15) is 14.0 Å². The van der Waals surface area contributed by atoms with Crippen molar-refractivity contribution in [3.63, 3.8) is 0 Å². The van der Waals surface area contributed by atoms with Crippen molar-refractivity contribution in [2.45, 2.75) is 45.7 Å². The average molecular weight is 412 g/mol. The Morgan fingerprint density at radius 3 is 2.50 bits per heavy atom. The highest BCUT2D eigenvalue weighted by Crippen LogP contribution is 2.34. The van der Waals surface area contributed by atoms with Crippen LogP contribution in [0.3, 0.4) is 0 Å². The van der Waals surface area contributed by atoms with Crippen molar-refractivity contribution >= 4 is 23.2 Å². The Kier molecular flexibility index (Phi) is 6.75. The molecular weight excluding hydrogens is 381 g/mol. The van der Waals surface area contributed by atoms with Gasteiger partial charge in [-0.05, 0) is 68.1 Å². The molecule has 1 N–H and O–H groups in total. The molecule has 160 valence electrons. The second kappa shape index (κ2) is 9.28. The molecule has 1 aliphatic rings. The minimum Gasteiger partial charge on any atom is -0.377 e. The zero-order valence-corrected chi connectivity index (χ0v) is 18.1. The summed E-state index contributed by atoms with van der Waals surface area (Å²) in [6, 6.07) is 11.4. The van der Waals surface area contributed by atoms with E-state index >= 15 is 0 Å². The quantitative estimate of drug-likeness (QED) is 0.686. The summed E-state index contributed by atoms with van der Waals surface area (Å²) in [5.41, 5.74) is 2.84. The fraction of sp³-hybridized carbons (Fsp3) is 0.417. The maximum atomic E-state index is 13.4. The Labute approximate surface area is 177 Å². The predicted molar refractivity (Wildman–Crippen MR) is 118 cm³/mol. The van der Waals surface area contributed by atoms with Crippen molar-refractivity contribution in [3.8, 4) is 0 Å². The van der Waals surface area contributed by atoms with Crippen LogP contribution in [0.2, 0.25) is 0 Å². The predicted octanol–water partition coefficient (Wildman–Crippen LogP) is 4.68. The maximum Gasteiger partial charge on any atom is 0.255 e. The molecule has 3 rings (SSSR count). The number of halogens is 1. The van der Waals surface area contributed by atoms with Gasteiger partial charge in [0.15, 0.2) is 0 Å². The Morgan fingerprint density at radius 2 is 1.90 bits per heavy atom. The van der Waals surface area contributed by atoms with Crippen LogP contribution in [0.4, 0.5) is 15.8 Å². The van der Waals surface area contributed by atoms with Gasteiger partial charge in [0, 0.05) is 49.5 Å². The highest BCUT2D eigenvalue weighted by molar-refractivity contribution is 6.04. The monoisotopic (exact) mass is 411 g/mol. The summed E-state index contributed by atoms with van der Waals surface area (Å²) < 4.78 is 13.4. The van der Waals surface area contributed by atoms with E-state index in [1.165, 1.54) is 18.2 Å². The zero-order chi connectivity index (χ0) is 21.8. The molecule has 0 aromatic heterocycles. The third kappa shape index (κ3) is 5.17. The van der Waals surface area contributed by atoms with Crippen molar-refractivity contribution in [2.75, 3.05) is 24.3 Å². The maximum absolute atomic E-state index is 13.4. The van der Waals surface area contributed by atoms with Crippen molar-refractivity contribution in [3.05, 3.63) is 59.4 Å². The van der Waals surface area contributed by atoms with Gasteiger partial charge < -0.3 is 15.1 Å². The first kappa shape index (κ1) is 21.8. The van der Waals surface area contributed by atoms with Crippen molar-refractivity contribution in [1.82, 2.24) is 4.90 Å². The van der Waals surface area contributed by atoms with Crippen LogP contribution in [0.1, 0.15) is 49.0 Å². The van der Waals surface area contributed by atoms with Crippen LogP contribution in [0.25, 0.3) is 0 Å². The number of hydrogen-bond acceptors (Lipinski definition) is 3. The molecular formula is C24H30FN3O2. The third-order valence-electron chi connectivity index (χ3n) is 5.58. The smallest absolute Gasteiger partial charge is 0.255 e. The first-order valence-electron chi connectivity index (χ1n) is 10.5. The highest BCUT2D eigenvalue weighted by atomic mass is 19.1. The van der Waals surface area contributed by atoms with Gasteiger partial charge in [-0.2, -0.15) is 0 Å². The molecule has 1 fully saturated rings. The first-order valence-corrected chi connectivity index (χ1v) is 10.5. The topological polar surface area (TPSA) is 52.7 Å². The van der Waals surface area contributed by atoms with Gasteiger partial charge in [-0.25, -0.2) is 4.39 Å². The molecule has 1 atom stereocenters. The van der Waals surface area contributed by atoms with Crippen molar-refractivity contribution in [1.29, 1.82) is 0 Å². The number of rotatable bonds is 8. The van der Waals surface area contributed by atoms with E-state index in [1.54, 1.807) is 6.07 Å². The normalized spacial score (nSPS) is 14.2. The van der Waals surface area contributed by atoms with E-state index in [1.807, 2.05) is 42.1 Å². The highest BCUT2D eigenvalue weighted by Gasteiger charge is 2.35. The average Bonchev–Trinajstić information content (AvgIpc) is 3.56. The minimum absolute atomic E-state index is 0.138. The molecule has 2 aromatic carbocycles. The molecule has 0 spiro atoms. The van der Waals surface area contributed by atoms with Gasteiger partial charge in [0.2, 0.25) is 5.91 Å². The second-order valence-corrected chi connectivity index (χ2v) is 8.20. The van der Waals surface area contributed by atoms with Crippen LogP contribution in [-0.2, 0) is 11.3 Å². The van der Waals surface area contributed by atoms with E-state index in [0.717, 1.165) is 30.5 Å². The van der Waals surface area contributed by atoms with Crippen molar-refractivity contribution in [2.24, 2.45) is 5.92 Å². The van der Waals surface area contributed by atoms with Crippen LogP contribution in [0.15, 0.2) is 42.5 Å². The summed E-state index contributed by atoms with van der Waals surface area (Å²) in [7, 11) is 3.92. The van der Waals surface area contributed by atoms with Crippen molar-refractivity contribution < 1.29 is 14.0 Å². The molecule has 2 aromatic rings. The van der Waals surface area contributed by atoms with E-state index < -0.39 is 5.82 Å². The van der Waals surface area contributed by atoms with Gasteiger partial charge in [0.1, 0.15) is 5.82 Å². The van der Waals surface area contributed by atoms with Gasteiger partial charge in [0.05, 0.1) is 0 Å². The number of amides is 2. The molecule has 5 nitrogen and oxygen atoms in total. The number of carbonyl (C=O) groups excluding carboxylic acids is 2. The fourth-order valence-electron chi connectivity index (χ4n) is 3.48. The lowest BCUT2D eigenvalue weighted by Gasteiger charge is -2.31. The number of carbonyl (C=O) groups is 2. The number of nitrogens with zero attached hydrogens (tertiary/aromatic N) is 2. The van der Waals surface area contributed by atoms with Crippen LogP contribution in [-0.4, -0.2) is 36.9 Å². The molecule has 0 bridgehead atoms. The molecule has 1 aliphatic carbocycles. The number of hydrogen-bond donors (Lipinski definition) is 1. The van der Waals surface area contributed by atoms with Crippen LogP contribution in [0, 0.1) is 11.7 Å². The lowest BCUT2D eigenvalue weighted by atomic mass is 10.1. The molecule has 0 aliphatic heterocycles. The minimum atomic E-state index is -0.450. The molecule has 6 heteroatoms. The van der Waals surface area contributed by atoms with E-state index in [0.29, 0.717) is 12.2 Å². The van der Waals surface area contributed by atoms with Gasteiger partial charge in [-0.1, -0.05) is 13.0 Å². The molecule has 2 amide bonds. The van der Waals surface area contributed by atoms with Gasteiger partial charge in [-0.3, -0.25) is 9.59 Å². The van der Waals surface area contributed by atoms with E-state index in [4.69, 9.17) is 0 Å². The van der Waals surface area contributed by atoms with Crippen LogP contribution in [0.5, 0.6) is 0 Å². The third-order valence-corrected chi connectivity index (χ3v) is 5.58. The summed E-state index contributed by atoms with van der Waals surface area (Å²) in [5, 5.41) is 2.85. The Hall–Kier alpha value is -2.89. The summed E-state index contributed by atoms with van der Waals surface area (Å²) in [6.45, 7) is 4.65. The standard InChI is InChI=1S/C24H30FN3O2/c1-5-16(2)28(24(30)17-9-10-17)15-19-14-21(11-12-22(19)27(3)4)26-23(29)18-7-6-8-20(25)13-18/h6-8,11-14,16-17H,5,9-10,15H2,1-4H3,(H,26,29)/t16-/m0/s1. The Morgan fingerprint density at radius 1 is 1.17 bits per heavy atom. The Bertz CT molecular complexity index is 924. The SMILES string of the molecule is CC[C@H](C)N(Cc1cc(NC(=O)c2cccc(F)c2)ccc1N(C)C)C(=O)C1CC1. The van der Waals surface area contributed by atoms with Crippen LogP contribution >= 0.6 is 0 Å². The summed E-state index contributed by atoms with van der Waals surface area (Å²) >= 11 is 0. The van der Waals surface area contributed by atoms with Crippen LogP contribution < -0.4 is 10.2 Å². The molecule has 30 heavy (non-hydrogen) atoms. The lowest BCUT2D eigenvalue weighted by molar-refractivity contribution is -0.135. The number of nitrogens with one attached hydrogen (secondary N) is 1. The van der Waals surface area contributed by atoms with E-state index in [2.05, 4.69) is 19.2 Å². The Balaban J connectivity index is 1.86. The first-order chi connectivity index (χ1) is 14.3. The largest absolute Gasteiger partial charge is 0.377 e. The second-order valence-electron chi connectivity index (χ2n) is 8.20. The summed E-state index contributed by atoms with van der Waals surface area (Å²) in [5.74, 6) is -0.458. The molecule has 0 heterocycles. The number of benzene rings is 2. The van der Waals surface area contributed by atoms with Gasteiger partial charge in [0.25, 0.3) is 5.91 Å². The van der Waals surface area contributed by atoms with E-state index in [-0.39, 0.29) is 29.3 Å². The van der Waals surface area contributed by atoms with Gasteiger partial charge >= 0.3 is 0 Å². The zero-order valence-electron chi connectivity index (χ0n) is 18.1. The fourth-order valence-corrected chi connectivity index (χ4v) is 3.48. The summed E-state index contributed by atoms with van der Waals surface area (Å²) in [4.78, 5) is 29.4. The summed E-state index contributed by atoms with van der Waals surface area (Å²) in [6.07, 6.45) is 2.82. The molecule has 1 saturated carbocycles. The van der Waals surface area contributed by atoms with Gasteiger partial charge in [-0.15, -0.1) is 0 Å². The molecule has 0 saturated heterocycles. The molecule has 0 unspecified atom stereocenters. The number of anilines is 2.